The fraction of sp³-hybridized carbons (Fsp3) is 0.174. The van der Waals surface area contributed by atoms with E-state index in [9.17, 15) is 17.6 Å². The van der Waals surface area contributed by atoms with Crippen LogP contribution in [0.15, 0.2) is 59.6 Å². The number of aromatic nitrogens is 1. The Hall–Kier alpha value is -3.21. The van der Waals surface area contributed by atoms with Crippen LogP contribution in [0.2, 0.25) is 10.0 Å². The summed E-state index contributed by atoms with van der Waals surface area (Å²) in [7, 11) is -3.89. The summed E-state index contributed by atoms with van der Waals surface area (Å²) in [5.41, 5.74) is 0.851. The lowest BCUT2D eigenvalue weighted by Gasteiger charge is -2.30. The second-order valence-electron chi connectivity index (χ2n) is 7.40. The summed E-state index contributed by atoms with van der Waals surface area (Å²) in [4.78, 5) is 25.9. The van der Waals surface area contributed by atoms with Gasteiger partial charge in [-0.1, -0.05) is 35.3 Å². The zero-order valence-electron chi connectivity index (χ0n) is 18.3. The Balaban J connectivity index is 0.000000795. The number of anilines is 2. The highest BCUT2D eigenvalue weighted by atomic mass is 35.5. The van der Waals surface area contributed by atoms with E-state index in [1.807, 2.05) is 0 Å². The van der Waals surface area contributed by atoms with E-state index in [0.29, 0.717) is 29.2 Å². The van der Waals surface area contributed by atoms with Crippen LogP contribution in [0, 0.1) is 5.82 Å². The summed E-state index contributed by atoms with van der Waals surface area (Å²) in [6.07, 6.45) is 2.58. The van der Waals surface area contributed by atoms with Gasteiger partial charge in [0.2, 0.25) is 0 Å². The molecule has 0 spiro atoms. The van der Waals surface area contributed by atoms with Gasteiger partial charge < -0.3 is 10.4 Å². The largest absolute Gasteiger partial charge is 0.481 e. The molecule has 0 bridgehead atoms. The van der Waals surface area contributed by atoms with Gasteiger partial charge in [-0.25, -0.2) is 12.8 Å². The minimum atomic E-state index is -3.89. The summed E-state index contributed by atoms with van der Waals surface area (Å²) < 4.78 is 41.8. The number of carboxylic acids is 1. The summed E-state index contributed by atoms with van der Waals surface area (Å²) >= 11 is 11.9. The number of amides is 1. The number of nitrogens with one attached hydrogen (secondary N) is 1. The predicted octanol–water partition coefficient (Wildman–Crippen LogP) is 5.01. The van der Waals surface area contributed by atoms with Crippen molar-refractivity contribution in [2.45, 2.75) is 24.7 Å². The third-order valence-corrected chi connectivity index (χ3v) is 7.18. The first-order chi connectivity index (χ1) is 16.5. The number of aryl methyl sites for hydroxylation is 1. The number of fused-ring (bicyclic) bond motifs is 1. The number of hydrogen-bond acceptors (Lipinski definition) is 5. The molecular weight excluding hydrogens is 520 g/mol. The van der Waals surface area contributed by atoms with Gasteiger partial charge in [0.1, 0.15) is 5.82 Å². The van der Waals surface area contributed by atoms with Gasteiger partial charge in [0.05, 0.1) is 38.7 Å². The Morgan fingerprint density at radius 3 is 2.49 bits per heavy atom. The summed E-state index contributed by atoms with van der Waals surface area (Å²) in [6.45, 7) is 1.33. The molecule has 0 saturated heterocycles. The SMILES string of the molecule is CC(=O)O.O=C(Nc1cnc2c(c1)N(S(=O)(=O)c1cccc(Cl)c1)CCC2)c1c(F)cccc1Cl. The van der Waals surface area contributed by atoms with Crippen LogP contribution in [0.25, 0.3) is 0 Å². The number of halogens is 3. The molecule has 35 heavy (non-hydrogen) atoms. The van der Waals surface area contributed by atoms with Crippen LogP contribution in [0.4, 0.5) is 15.8 Å². The Morgan fingerprint density at radius 2 is 1.83 bits per heavy atom. The van der Waals surface area contributed by atoms with E-state index < -0.39 is 27.7 Å². The molecule has 2 aromatic carbocycles. The third-order valence-electron chi connectivity index (χ3n) is 4.82. The summed E-state index contributed by atoms with van der Waals surface area (Å²) in [5, 5.41) is 10.2. The molecule has 4 rings (SSSR count). The van der Waals surface area contributed by atoms with E-state index >= 15 is 0 Å². The Labute approximate surface area is 211 Å². The Morgan fingerprint density at radius 1 is 1.14 bits per heavy atom. The highest BCUT2D eigenvalue weighted by Gasteiger charge is 2.30. The Bertz CT molecular complexity index is 1360. The zero-order valence-corrected chi connectivity index (χ0v) is 20.7. The molecule has 1 aromatic heterocycles. The van der Waals surface area contributed by atoms with E-state index in [1.165, 1.54) is 40.8 Å². The fourth-order valence-electron chi connectivity index (χ4n) is 3.38. The normalized spacial score (nSPS) is 12.7. The van der Waals surface area contributed by atoms with E-state index in [-0.39, 0.29) is 27.7 Å². The maximum Gasteiger partial charge on any atom is 0.300 e. The number of aliphatic carboxylic acids is 1. The van der Waals surface area contributed by atoms with Gasteiger partial charge in [-0.05, 0) is 49.2 Å². The monoisotopic (exact) mass is 539 g/mol. The lowest BCUT2D eigenvalue weighted by atomic mass is 10.1. The van der Waals surface area contributed by atoms with E-state index in [2.05, 4.69) is 10.3 Å². The number of benzene rings is 2. The molecule has 0 unspecified atom stereocenters. The molecule has 1 amide bonds. The van der Waals surface area contributed by atoms with Gasteiger partial charge in [0.15, 0.2) is 0 Å². The van der Waals surface area contributed by atoms with Crippen molar-refractivity contribution in [3.05, 3.63) is 81.8 Å². The molecule has 1 aliphatic rings. The number of carbonyl (C=O) groups excluding carboxylic acids is 1. The van der Waals surface area contributed by atoms with Crippen LogP contribution >= 0.6 is 23.2 Å². The Kier molecular flexibility index (Phi) is 8.31. The van der Waals surface area contributed by atoms with Crippen LogP contribution < -0.4 is 9.62 Å². The minimum Gasteiger partial charge on any atom is -0.481 e. The van der Waals surface area contributed by atoms with Crippen LogP contribution in [0.3, 0.4) is 0 Å². The molecule has 3 aromatic rings. The standard InChI is InChI=1S/C21H16Cl2FN3O3S.C2H4O2/c22-13-4-1-5-15(10-13)31(29,30)27-9-3-8-18-19(27)11-14(12-25-18)26-21(28)20-16(23)6-2-7-17(20)24;1-2(3)4/h1-2,4-7,10-12H,3,8-9H2,(H,26,28);1H3,(H,3,4). The number of nitrogens with zero attached hydrogens (tertiary/aromatic N) is 2. The molecule has 1 aliphatic heterocycles. The van der Waals surface area contributed by atoms with Crippen molar-refractivity contribution >= 4 is 56.5 Å². The van der Waals surface area contributed by atoms with Gasteiger partial charge in [-0.3, -0.25) is 18.9 Å². The first-order valence-corrected chi connectivity index (χ1v) is 12.4. The first kappa shape index (κ1) is 26.4. The molecule has 0 radical (unpaired) electrons. The number of carboxylic acid groups (broad SMARTS) is 1. The van der Waals surface area contributed by atoms with Crippen molar-refractivity contribution in [1.29, 1.82) is 0 Å². The van der Waals surface area contributed by atoms with Gasteiger partial charge >= 0.3 is 0 Å². The lowest BCUT2D eigenvalue weighted by Crippen LogP contribution is -2.36. The average Bonchev–Trinajstić information content (AvgIpc) is 2.78. The second-order valence-corrected chi connectivity index (χ2v) is 10.1. The van der Waals surface area contributed by atoms with Crippen LogP contribution in [0.1, 0.15) is 29.4 Å². The zero-order chi connectivity index (χ0) is 25.8. The number of carbonyl (C=O) groups is 2. The van der Waals surface area contributed by atoms with Gasteiger partial charge in [-0.15, -0.1) is 0 Å². The van der Waals surface area contributed by atoms with Crippen molar-refractivity contribution in [2.75, 3.05) is 16.2 Å². The van der Waals surface area contributed by atoms with Crippen molar-refractivity contribution in [3.63, 3.8) is 0 Å². The molecule has 0 aliphatic carbocycles. The predicted molar refractivity (Wildman–Crippen MR) is 131 cm³/mol. The van der Waals surface area contributed by atoms with E-state index in [1.54, 1.807) is 12.1 Å². The van der Waals surface area contributed by atoms with Crippen molar-refractivity contribution < 1.29 is 27.5 Å². The lowest BCUT2D eigenvalue weighted by molar-refractivity contribution is -0.134. The van der Waals surface area contributed by atoms with Crippen molar-refractivity contribution in [2.24, 2.45) is 0 Å². The van der Waals surface area contributed by atoms with E-state index in [4.69, 9.17) is 33.1 Å². The smallest absolute Gasteiger partial charge is 0.300 e. The topological polar surface area (TPSA) is 117 Å². The molecule has 0 atom stereocenters. The molecular formula is C23H20Cl2FN3O5S. The fourth-order valence-corrected chi connectivity index (χ4v) is 5.45. The number of rotatable bonds is 4. The molecule has 12 heteroatoms. The quantitative estimate of drug-likeness (QED) is 0.481. The summed E-state index contributed by atoms with van der Waals surface area (Å²) in [6, 6.07) is 11.4. The molecule has 8 nitrogen and oxygen atoms in total. The second kappa shape index (κ2) is 11.0. The van der Waals surface area contributed by atoms with Gasteiger partial charge in [-0.2, -0.15) is 0 Å². The number of pyridine rings is 1. The summed E-state index contributed by atoms with van der Waals surface area (Å²) in [5.74, 6) is -2.36. The maximum atomic E-state index is 14.1. The van der Waals surface area contributed by atoms with Crippen molar-refractivity contribution in [1.82, 2.24) is 4.98 Å². The molecule has 2 heterocycles. The first-order valence-electron chi connectivity index (χ1n) is 10.2. The molecule has 2 N–H and O–H groups in total. The van der Waals surface area contributed by atoms with Gasteiger partial charge in [0.25, 0.3) is 21.9 Å². The third kappa shape index (κ3) is 6.27. The van der Waals surface area contributed by atoms with Crippen LogP contribution in [0.5, 0.6) is 0 Å². The minimum absolute atomic E-state index is 0.0337. The van der Waals surface area contributed by atoms with Gasteiger partial charge in [0, 0.05) is 18.5 Å². The number of hydrogen-bond donors (Lipinski definition) is 2. The highest BCUT2D eigenvalue weighted by Crippen LogP contribution is 2.33. The van der Waals surface area contributed by atoms with Crippen molar-refractivity contribution in [3.8, 4) is 0 Å². The van der Waals surface area contributed by atoms with Crippen LogP contribution in [-0.4, -0.2) is 36.9 Å². The highest BCUT2D eigenvalue weighted by molar-refractivity contribution is 7.92. The number of sulfonamides is 1. The maximum absolute atomic E-state index is 14.1. The van der Waals surface area contributed by atoms with E-state index in [0.717, 1.165) is 13.0 Å². The van der Waals surface area contributed by atoms with Crippen LogP contribution in [-0.2, 0) is 21.2 Å². The molecule has 0 saturated carbocycles. The molecule has 0 fully saturated rings. The average molecular weight is 540 g/mol. The molecule has 184 valence electrons.